The van der Waals surface area contributed by atoms with Crippen LogP contribution in [0.4, 0.5) is 5.69 Å². The van der Waals surface area contributed by atoms with Crippen LogP contribution in [0.2, 0.25) is 23.2 Å². The standard InChI is InChI=1S/C15H25ClINO3SSi/c1-5-23(6-2,7-3)21-15(11-17)12-8-9-13(16)14(10-12)18-22(4,19)20/h8-10,15,18H,5-7,11H2,1-4H3/t15-/m0/s1. The molecule has 0 amide bonds. The second-order valence-electron chi connectivity index (χ2n) is 5.62. The van der Waals surface area contributed by atoms with E-state index in [1.165, 1.54) is 0 Å². The van der Waals surface area contributed by atoms with Gasteiger partial charge in [-0.05, 0) is 35.8 Å². The highest BCUT2D eigenvalue weighted by molar-refractivity contribution is 14.1. The smallest absolute Gasteiger partial charge is 0.229 e. The molecule has 0 bridgehead atoms. The molecule has 0 aromatic heterocycles. The van der Waals surface area contributed by atoms with Crippen molar-refractivity contribution in [2.24, 2.45) is 0 Å². The fourth-order valence-corrected chi connectivity index (χ4v) is 7.15. The van der Waals surface area contributed by atoms with E-state index >= 15 is 0 Å². The maximum absolute atomic E-state index is 11.5. The summed E-state index contributed by atoms with van der Waals surface area (Å²) in [5.74, 6) is 0. The first kappa shape index (κ1) is 21.2. The Labute approximate surface area is 159 Å². The van der Waals surface area contributed by atoms with Gasteiger partial charge in [-0.25, -0.2) is 8.42 Å². The first-order valence-electron chi connectivity index (χ1n) is 7.71. The molecule has 4 nitrogen and oxygen atoms in total. The molecule has 0 aliphatic carbocycles. The number of hydrogen-bond donors (Lipinski definition) is 1. The van der Waals surface area contributed by atoms with Crippen LogP contribution in [0.3, 0.4) is 0 Å². The van der Waals surface area contributed by atoms with Gasteiger partial charge in [0.1, 0.15) is 0 Å². The lowest BCUT2D eigenvalue weighted by atomic mass is 10.1. The minimum atomic E-state index is -3.37. The fraction of sp³-hybridized carbons (Fsp3) is 0.600. The molecule has 1 aromatic rings. The van der Waals surface area contributed by atoms with Crippen molar-refractivity contribution in [2.75, 3.05) is 15.4 Å². The summed E-state index contributed by atoms with van der Waals surface area (Å²) < 4.78 is 32.8. The summed E-state index contributed by atoms with van der Waals surface area (Å²) in [5, 5.41) is 0.386. The lowest BCUT2D eigenvalue weighted by molar-refractivity contribution is 0.218. The molecule has 0 aliphatic heterocycles. The van der Waals surface area contributed by atoms with Crippen molar-refractivity contribution in [3.8, 4) is 0 Å². The van der Waals surface area contributed by atoms with Gasteiger partial charge >= 0.3 is 0 Å². The van der Waals surface area contributed by atoms with Crippen molar-refractivity contribution in [3.05, 3.63) is 28.8 Å². The van der Waals surface area contributed by atoms with Gasteiger partial charge in [-0.1, -0.05) is 61.0 Å². The van der Waals surface area contributed by atoms with Crippen LogP contribution in [0.25, 0.3) is 0 Å². The monoisotopic (exact) mass is 489 g/mol. The van der Waals surface area contributed by atoms with Crippen LogP contribution in [0.15, 0.2) is 18.2 Å². The van der Waals surface area contributed by atoms with E-state index in [0.29, 0.717) is 10.7 Å². The van der Waals surface area contributed by atoms with Crippen molar-refractivity contribution in [1.82, 2.24) is 0 Å². The number of anilines is 1. The predicted molar refractivity (Wildman–Crippen MR) is 110 cm³/mol. The first-order chi connectivity index (χ1) is 10.7. The largest absolute Gasteiger partial charge is 0.409 e. The zero-order valence-corrected chi connectivity index (χ0v) is 18.8. The maximum atomic E-state index is 11.5. The second kappa shape index (κ2) is 9.03. The maximum Gasteiger partial charge on any atom is 0.229 e. The summed E-state index contributed by atoms with van der Waals surface area (Å²) in [6.45, 7) is 6.59. The van der Waals surface area contributed by atoms with E-state index < -0.39 is 18.3 Å². The number of nitrogens with one attached hydrogen (secondary N) is 1. The van der Waals surface area contributed by atoms with Gasteiger partial charge in [-0.3, -0.25) is 4.72 Å². The van der Waals surface area contributed by atoms with E-state index in [0.717, 1.165) is 34.4 Å². The second-order valence-corrected chi connectivity index (χ2v) is 13.4. The zero-order valence-electron chi connectivity index (χ0n) is 14.0. The Bertz CT molecular complexity index is 615. The summed E-state index contributed by atoms with van der Waals surface area (Å²) >= 11 is 8.42. The van der Waals surface area contributed by atoms with Gasteiger partial charge in [0.15, 0.2) is 8.32 Å². The van der Waals surface area contributed by atoms with Crippen LogP contribution in [-0.2, 0) is 14.4 Å². The molecular weight excluding hydrogens is 465 g/mol. The molecule has 0 spiro atoms. The Morgan fingerprint density at radius 1 is 1.26 bits per heavy atom. The fourth-order valence-electron chi connectivity index (χ4n) is 2.51. The average Bonchev–Trinajstić information content (AvgIpc) is 2.50. The topological polar surface area (TPSA) is 55.4 Å². The molecule has 0 unspecified atom stereocenters. The van der Waals surface area contributed by atoms with Crippen molar-refractivity contribution in [3.63, 3.8) is 0 Å². The zero-order chi connectivity index (χ0) is 17.7. The Morgan fingerprint density at radius 3 is 2.26 bits per heavy atom. The van der Waals surface area contributed by atoms with Gasteiger partial charge in [-0.2, -0.15) is 0 Å². The van der Waals surface area contributed by atoms with Gasteiger partial charge in [-0.15, -0.1) is 0 Å². The molecule has 1 N–H and O–H groups in total. The van der Waals surface area contributed by atoms with E-state index in [4.69, 9.17) is 16.0 Å². The molecular formula is C15H25ClINO3SSi. The molecule has 0 heterocycles. The SMILES string of the molecule is CC[Si](CC)(CC)O[C@@H](CI)c1ccc(Cl)c(NS(C)(=O)=O)c1. The van der Waals surface area contributed by atoms with Crippen LogP contribution >= 0.6 is 34.2 Å². The van der Waals surface area contributed by atoms with Crippen molar-refractivity contribution >= 4 is 58.2 Å². The van der Waals surface area contributed by atoms with Crippen LogP contribution < -0.4 is 4.72 Å². The average molecular weight is 490 g/mol. The van der Waals surface area contributed by atoms with Crippen LogP contribution in [-0.4, -0.2) is 27.4 Å². The summed E-state index contributed by atoms with van der Waals surface area (Å²) in [5.41, 5.74) is 1.36. The van der Waals surface area contributed by atoms with E-state index in [-0.39, 0.29) is 6.10 Å². The molecule has 0 radical (unpaired) electrons. The summed E-state index contributed by atoms with van der Waals surface area (Å²) in [7, 11) is -5.10. The van der Waals surface area contributed by atoms with Gasteiger partial charge < -0.3 is 4.43 Å². The number of hydrogen-bond acceptors (Lipinski definition) is 3. The molecule has 0 saturated heterocycles. The summed E-state index contributed by atoms with van der Waals surface area (Å²) in [4.78, 5) is 0. The molecule has 0 aliphatic rings. The molecule has 1 rings (SSSR count). The molecule has 132 valence electrons. The Kier molecular flexibility index (Phi) is 8.33. The Hall–Kier alpha value is 0.167. The molecule has 1 atom stereocenters. The molecule has 0 fully saturated rings. The van der Waals surface area contributed by atoms with E-state index in [2.05, 4.69) is 48.1 Å². The lowest BCUT2D eigenvalue weighted by Gasteiger charge is -2.33. The van der Waals surface area contributed by atoms with Gasteiger partial charge in [0, 0.05) is 4.43 Å². The third-order valence-corrected chi connectivity index (χ3v) is 10.5. The van der Waals surface area contributed by atoms with Crippen LogP contribution in [0.1, 0.15) is 32.4 Å². The third kappa shape index (κ3) is 6.19. The molecule has 8 heteroatoms. The van der Waals surface area contributed by atoms with E-state index in [9.17, 15) is 8.42 Å². The highest BCUT2D eigenvalue weighted by Crippen LogP contribution is 2.34. The first-order valence-corrected chi connectivity index (χ1v) is 14.0. The van der Waals surface area contributed by atoms with Crippen molar-refractivity contribution in [2.45, 2.75) is 45.0 Å². The highest BCUT2D eigenvalue weighted by Gasteiger charge is 2.32. The van der Waals surface area contributed by atoms with E-state index in [1.807, 2.05) is 6.07 Å². The number of halogens is 2. The Morgan fingerprint density at radius 2 is 1.83 bits per heavy atom. The summed E-state index contributed by atoms with van der Waals surface area (Å²) in [6.07, 6.45) is 1.07. The minimum Gasteiger partial charge on any atom is -0.409 e. The summed E-state index contributed by atoms with van der Waals surface area (Å²) in [6, 6.07) is 8.66. The lowest BCUT2D eigenvalue weighted by Crippen LogP contribution is -2.37. The molecule has 23 heavy (non-hydrogen) atoms. The Balaban J connectivity index is 3.14. The molecule has 1 aromatic carbocycles. The quantitative estimate of drug-likeness (QED) is 0.294. The minimum absolute atomic E-state index is 0.0421. The van der Waals surface area contributed by atoms with Crippen molar-refractivity contribution < 1.29 is 12.8 Å². The number of benzene rings is 1. The van der Waals surface area contributed by atoms with Crippen molar-refractivity contribution in [1.29, 1.82) is 0 Å². The highest BCUT2D eigenvalue weighted by atomic mass is 127. The predicted octanol–water partition coefficient (Wildman–Crippen LogP) is 5.21. The van der Waals surface area contributed by atoms with Gasteiger partial charge in [0.25, 0.3) is 0 Å². The van der Waals surface area contributed by atoms with Gasteiger partial charge in [0.05, 0.1) is 23.1 Å². The number of alkyl halides is 1. The van der Waals surface area contributed by atoms with Crippen LogP contribution in [0.5, 0.6) is 0 Å². The van der Waals surface area contributed by atoms with Crippen LogP contribution in [0, 0.1) is 0 Å². The molecule has 0 saturated carbocycles. The number of rotatable bonds is 9. The van der Waals surface area contributed by atoms with Gasteiger partial charge in [0.2, 0.25) is 10.0 Å². The van der Waals surface area contributed by atoms with E-state index in [1.54, 1.807) is 12.1 Å². The third-order valence-electron chi connectivity index (χ3n) is 4.12. The number of sulfonamides is 1. The normalized spacial score (nSPS) is 13.8.